The second-order valence-electron chi connectivity index (χ2n) is 3.62. The molecule has 2 aromatic rings. The standard InChI is InChI=1S/C12H12BNO2S/c14-10-6-9(13(15)16)7-12(8-10)17-11-4-2-1-3-5-11/h1-8,15-16H,14H2. The van der Waals surface area contributed by atoms with Crippen LogP contribution in [0.1, 0.15) is 0 Å². The van der Waals surface area contributed by atoms with Gasteiger partial charge in [-0.05, 0) is 35.8 Å². The molecule has 2 aromatic carbocycles. The Morgan fingerprint density at radius 2 is 1.65 bits per heavy atom. The molecule has 0 fully saturated rings. The number of hydrogen-bond acceptors (Lipinski definition) is 4. The van der Waals surface area contributed by atoms with E-state index in [0.29, 0.717) is 11.2 Å². The molecule has 0 spiro atoms. The minimum Gasteiger partial charge on any atom is -0.423 e. The van der Waals surface area contributed by atoms with Gasteiger partial charge in [-0.15, -0.1) is 0 Å². The molecule has 86 valence electrons. The molecule has 0 aliphatic heterocycles. The molecule has 0 amide bonds. The van der Waals surface area contributed by atoms with Gasteiger partial charge in [0.1, 0.15) is 0 Å². The van der Waals surface area contributed by atoms with Gasteiger partial charge in [-0.3, -0.25) is 0 Å². The maximum atomic E-state index is 9.13. The quantitative estimate of drug-likeness (QED) is 0.559. The minimum absolute atomic E-state index is 0.406. The molecule has 4 N–H and O–H groups in total. The molecular formula is C12H12BNO2S. The number of rotatable bonds is 3. The van der Waals surface area contributed by atoms with Crippen LogP contribution < -0.4 is 11.2 Å². The Morgan fingerprint density at radius 3 is 2.29 bits per heavy atom. The average molecular weight is 245 g/mol. The van der Waals surface area contributed by atoms with Gasteiger partial charge in [-0.1, -0.05) is 30.0 Å². The Bertz CT molecular complexity index is 505. The Hall–Kier alpha value is -1.43. The summed E-state index contributed by atoms with van der Waals surface area (Å²) < 4.78 is 0. The lowest BCUT2D eigenvalue weighted by Gasteiger charge is -2.06. The average Bonchev–Trinajstić information content (AvgIpc) is 2.29. The summed E-state index contributed by atoms with van der Waals surface area (Å²) >= 11 is 1.53. The number of benzene rings is 2. The number of hydrogen-bond donors (Lipinski definition) is 3. The second kappa shape index (κ2) is 5.27. The van der Waals surface area contributed by atoms with E-state index in [1.807, 2.05) is 36.4 Å². The molecule has 0 aliphatic rings. The zero-order chi connectivity index (χ0) is 12.3. The lowest BCUT2D eigenvalue weighted by atomic mass is 9.80. The Balaban J connectivity index is 2.27. The van der Waals surface area contributed by atoms with Gasteiger partial charge >= 0.3 is 7.12 Å². The van der Waals surface area contributed by atoms with Crippen molar-refractivity contribution in [3.05, 3.63) is 48.5 Å². The van der Waals surface area contributed by atoms with Gasteiger partial charge in [0.05, 0.1) is 0 Å². The Labute approximate surface area is 104 Å². The van der Waals surface area contributed by atoms with Crippen LogP contribution in [0.4, 0.5) is 5.69 Å². The van der Waals surface area contributed by atoms with Crippen molar-refractivity contribution in [1.82, 2.24) is 0 Å². The predicted octanol–water partition coefficient (Wildman–Crippen LogP) is 1.10. The summed E-state index contributed by atoms with van der Waals surface area (Å²) in [6, 6.07) is 14.9. The smallest absolute Gasteiger partial charge is 0.423 e. The summed E-state index contributed by atoms with van der Waals surface area (Å²) in [5.41, 5.74) is 6.64. The van der Waals surface area contributed by atoms with E-state index in [2.05, 4.69) is 0 Å². The molecule has 5 heteroatoms. The summed E-state index contributed by atoms with van der Waals surface area (Å²) in [7, 11) is -1.49. The molecule has 17 heavy (non-hydrogen) atoms. The van der Waals surface area contributed by atoms with Gasteiger partial charge in [0, 0.05) is 15.5 Å². The first-order valence-corrected chi connectivity index (χ1v) is 5.96. The fraction of sp³-hybridized carbons (Fsp3) is 0. The molecule has 0 saturated heterocycles. The third kappa shape index (κ3) is 3.26. The fourth-order valence-electron chi connectivity index (χ4n) is 1.48. The summed E-state index contributed by atoms with van der Waals surface area (Å²) in [6.07, 6.45) is 0. The summed E-state index contributed by atoms with van der Waals surface area (Å²) in [4.78, 5) is 1.97. The first kappa shape index (κ1) is 12.0. The van der Waals surface area contributed by atoms with Crippen molar-refractivity contribution in [3.8, 4) is 0 Å². The highest BCUT2D eigenvalue weighted by molar-refractivity contribution is 7.99. The van der Waals surface area contributed by atoms with Crippen LogP contribution in [0.15, 0.2) is 58.3 Å². The van der Waals surface area contributed by atoms with Gasteiger partial charge in [-0.2, -0.15) is 0 Å². The summed E-state index contributed by atoms with van der Waals surface area (Å²) in [5, 5.41) is 18.3. The van der Waals surface area contributed by atoms with Crippen LogP contribution in [0.3, 0.4) is 0 Å². The summed E-state index contributed by atoms with van der Waals surface area (Å²) in [6.45, 7) is 0. The van der Waals surface area contributed by atoms with Crippen molar-refractivity contribution in [1.29, 1.82) is 0 Å². The zero-order valence-corrected chi connectivity index (χ0v) is 9.89. The van der Waals surface area contributed by atoms with Gasteiger partial charge < -0.3 is 15.8 Å². The van der Waals surface area contributed by atoms with Crippen LogP contribution in [-0.4, -0.2) is 17.2 Å². The normalized spacial score (nSPS) is 10.2. The van der Waals surface area contributed by atoms with Crippen LogP contribution in [0.25, 0.3) is 0 Å². The maximum Gasteiger partial charge on any atom is 0.488 e. The van der Waals surface area contributed by atoms with Crippen molar-refractivity contribution in [3.63, 3.8) is 0 Å². The SMILES string of the molecule is Nc1cc(Sc2ccccc2)cc(B(O)O)c1. The maximum absolute atomic E-state index is 9.13. The van der Waals surface area contributed by atoms with Crippen molar-refractivity contribution in [2.45, 2.75) is 9.79 Å². The van der Waals surface area contributed by atoms with Crippen molar-refractivity contribution < 1.29 is 10.0 Å². The second-order valence-corrected chi connectivity index (χ2v) is 4.77. The molecule has 3 nitrogen and oxygen atoms in total. The van der Waals surface area contributed by atoms with E-state index < -0.39 is 7.12 Å². The molecule has 0 unspecified atom stereocenters. The molecule has 0 saturated carbocycles. The van der Waals surface area contributed by atoms with Gasteiger partial charge in [0.15, 0.2) is 0 Å². The van der Waals surface area contributed by atoms with E-state index in [1.54, 1.807) is 12.1 Å². The Morgan fingerprint density at radius 1 is 0.941 bits per heavy atom. The molecule has 0 heterocycles. The number of anilines is 1. The van der Waals surface area contributed by atoms with Crippen LogP contribution in [0.2, 0.25) is 0 Å². The highest BCUT2D eigenvalue weighted by Gasteiger charge is 2.12. The fourth-order valence-corrected chi connectivity index (χ4v) is 2.43. The molecule has 0 radical (unpaired) electrons. The highest BCUT2D eigenvalue weighted by atomic mass is 32.2. The van der Waals surface area contributed by atoms with E-state index >= 15 is 0 Å². The molecule has 0 atom stereocenters. The first-order valence-electron chi connectivity index (χ1n) is 5.14. The van der Waals surface area contributed by atoms with E-state index in [0.717, 1.165) is 9.79 Å². The summed E-state index contributed by atoms with van der Waals surface area (Å²) in [5.74, 6) is 0. The number of nitrogen functional groups attached to an aromatic ring is 1. The molecule has 0 aromatic heterocycles. The number of nitrogens with two attached hydrogens (primary N) is 1. The monoisotopic (exact) mass is 245 g/mol. The highest BCUT2D eigenvalue weighted by Crippen LogP contribution is 2.27. The minimum atomic E-state index is -1.49. The third-order valence-corrected chi connectivity index (χ3v) is 3.21. The third-order valence-electron chi connectivity index (χ3n) is 2.23. The lowest BCUT2D eigenvalue weighted by Crippen LogP contribution is -2.30. The van der Waals surface area contributed by atoms with Gasteiger partial charge in [0.25, 0.3) is 0 Å². The van der Waals surface area contributed by atoms with Crippen molar-refractivity contribution >= 4 is 30.0 Å². The van der Waals surface area contributed by atoms with Crippen LogP contribution in [0.5, 0.6) is 0 Å². The van der Waals surface area contributed by atoms with Gasteiger partial charge in [0.2, 0.25) is 0 Å². The van der Waals surface area contributed by atoms with Crippen LogP contribution in [-0.2, 0) is 0 Å². The molecule has 0 bridgehead atoms. The van der Waals surface area contributed by atoms with Crippen molar-refractivity contribution in [2.75, 3.05) is 5.73 Å². The van der Waals surface area contributed by atoms with Gasteiger partial charge in [-0.25, -0.2) is 0 Å². The zero-order valence-electron chi connectivity index (χ0n) is 9.08. The van der Waals surface area contributed by atoms with Crippen LogP contribution >= 0.6 is 11.8 Å². The van der Waals surface area contributed by atoms with Crippen LogP contribution in [0, 0.1) is 0 Å². The molecule has 2 rings (SSSR count). The van der Waals surface area contributed by atoms with Crippen molar-refractivity contribution in [2.24, 2.45) is 0 Å². The first-order chi connectivity index (χ1) is 8.15. The molecule has 0 aliphatic carbocycles. The predicted molar refractivity (Wildman–Crippen MR) is 71.2 cm³/mol. The van der Waals surface area contributed by atoms with E-state index in [4.69, 9.17) is 15.8 Å². The van der Waals surface area contributed by atoms with E-state index in [9.17, 15) is 0 Å². The molecular weight excluding hydrogens is 233 g/mol. The lowest BCUT2D eigenvalue weighted by molar-refractivity contribution is 0.425. The Kier molecular flexibility index (Phi) is 3.73. The van der Waals surface area contributed by atoms with E-state index in [1.165, 1.54) is 11.8 Å². The van der Waals surface area contributed by atoms with E-state index in [-0.39, 0.29) is 0 Å². The largest absolute Gasteiger partial charge is 0.488 e. The topological polar surface area (TPSA) is 66.5 Å².